The number of halogens is 2. The minimum atomic E-state index is -4.25. The van der Waals surface area contributed by atoms with Crippen molar-refractivity contribution in [3.05, 3.63) is 65.7 Å². The molecule has 33 heavy (non-hydrogen) atoms. The molecule has 0 spiro atoms. The number of carbonyl (C=O) groups excluding carboxylic acids is 2. The fourth-order valence-electron chi connectivity index (χ4n) is 3.23. The van der Waals surface area contributed by atoms with E-state index in [4.69, 9.17) is 0 Å². The Bertz CT molecular complexity index is 1080. The summed E-state index contributed by atoms with van der Waals surface area (Å²) in [6, 6.07) is 9.67. The van der Waals surface area contributed by atoms with Crippen molar-refractivity contribution in [3.8, 4) is 0 Å². The third-order valence-corrected chi connectivity index (χ3v) is 6.84. The number of nitrogens with zero attached hydrogens (tertiary/aromatic N) is 3. The fourth-order valence-corrected chi connectivity index (χ4v) is 4.29. The standard InChI is InChI=1S/C22H28F2N4O4S/c1-5-19(22(30)25-2)27(14-16-10-12-17(23)13-11-16)21(29)15-28(33(31,32)26(3)4)20-9-7-6-8-18(20)24/h6-13,19H,5,14-15H2,1-4H3,(H,25,30)/t19-/m0/s1. The number of nitrogens with one attached hydrogen (secondary N) is 1. The van der Waals surface area contributed by atoms with Gasteiger partial charge in [-0.15, -0.1) is 0 Å². The Morgan fingerprint density at radius 3 is 2.15 bits per heavy atom. The summed E-state index contributed by atoms with van der Waals surface area (Å²) in [6.07, 6.45) is 0.243. The van der Waals surface area contributed by atoms with Gasteiger partial charge in [-0.3, -0.25) is 9.59 Å². The van der Waals surface area contributed by atoms with Crippen LogP contribution in [0.4, 0.5) is 14.5 Å². The number of hydrogen-bond donors (Lipinski definition) is 1. The predicted octanol–water partition coefficient (Wildman–Crippen LogP) is 2.13. The predicted molar refractivity (Wildman–Crippen MR) is 121 cm³/mol. The molecule has 0 saturated carbocycles. The normalized spacial score (nSPS) is 12.3. The van der Waals surface area contributed by atoms with Crippen LogP contribution in [0.2, 0.25) is 0 Å². The molecular weight excluding hydrogens is 454 g/mol. The molecular formula is C22H28F2N4O4S. The van der Waals surface area contributed by atoms with Gasteiger partial charge in [-0.1, -0.05) is 31.2 Å². The zero-order chi connectivity index (χ0) is 24.8. The Hall–Kier alpha value is -3.05. The summed E-state index contributed by atoms with van der Waals surface area (Å²) >= 11 is 0. The molecule has 0 saturated heterocycles. The highest BCUT2D eigenvalue weighted by Crippen LogP contribution is 2.24. The Balaban J connectivity index is 2.50. The van der Waals surface area contributed by atoms with Crippen molar-refractivity contribution in [2.24, 2.45) is 0 Å². The Labute approximate surface area is 193 Å². The molecule has 1 atom stereocenters. The molecule has 0 radical (unpaired) electrons. The Kier molecular flexibility index (Phi) is 8.89. The van der Waals surface area contributed by atoms with E-state index in [2.05, 4.69) is 5.32 Å². The number of amides is 2. The van der Waals surface area contributed by atoms with Crippen molar-refractivity contribution < 1.29 is 26.8 Å². The summed E-state index contributed by atoms with van der Waals surface area (Å²) in [5.41, 5.74) is 0.245. The largest absolute Gasteiger partial charge is 0.357 e. The third-order valence-electron chi connectivity index (χ3n) is 5.04. The van der Waals surface area contributed by atoms with Crippen LogP contribution in [0.1, 0.15) is 18.9 Å². The number of rotatable bonds is 10. The van der Waals surface area contributed by atoms with Crippen LogP contribution in [-0.4, -0.2) is 63.2 Å². The van der Waals surface area contributed by atoms with Crippen LogP contribution in [0.25, 0.3) is 0 Å². The van der Waals surface area contributed by atoms with Crippen LogP contribution in [0.3, 0.4) is 0 Å². The highest BCUT2D eigenvalue weighted by atomic mass is 32.2. The highest BCUT2D eigenvalue weighted by molar-refractivity contribution is 7.90. The first-order valence-corrected chi connectivity index (χ1v) is 11.6. The van der Waals surface area contributed by atoms with Crippen LogP contribution in [-0.2, 0) is 26.3 Å². The maximum absolute atomic E-state index is 14.5. The molecule has 0 aromatic heterocycles. The molecule has 1 N–H and O–H groups in total. The summed E-state index contributed by atoms with van der Waals surface area (Å²) in [5.74, 6) is -2.44. The van der Waals surface area contributed by atoms with Crippen molar-refractivity contribution in [1.29, 1.82) is 0 Å². The number of carbonyl (C=O) groups is 2. The zero-order valence-electron chi connectivity index (χ0n) is 19.0. The van der Waals surface area contributed by atoms with E-state index in [9.17, 15) is 26.8 Å². The molecule has 0 unspecified atom stereocenters. The van der Waals surface area contributed by atoms with Gasteiger partial charge in [0.1, 0.15) is 24.2 Å². The lowest BCUT2D eigenvalue weighted by atomic mass is 10.1. The van der Waals surface area contributed by atoms with Crippen LogP contribution in [0, 0.1) is 11.6 Å². The SMILES string of the molecule is CC[C@@H](C(=O)NC)N(Cc1ccc(F)cc1)C(=O)CN(c1ccccc1F)S(=O)(=O)N(C)C. The monoisotopic (exact) mass is 482 g/mol. The summed E-state index contributed by atoms with van der Waals surface area (Å²) in [6.45, 7) is 0.893. The molecule has 0 bridgehead atoms. The van der Waals surface area contributed by atoms with E-state index in [0.29, 0.717) is 9.87 Å². The fraction of sp³-hybridized carbons (Fsp3) is 0.364. The van der Waals surface area contributed by atoms with Gasteiger partial charge in [0.2, 0.25) is 11.8 Å². The summed E-state index contributed by atoms with van der Waals surface area (Å²) in [7, 11) is -0.292. The van der Waals surface area contributed by atoms with Crippen LogP contribution < -0.4 is 9.62 Å². The third kappa shape index (κ3) is 6.26. The topological polar surface area (TPSA) is 90.0 Å². The molecule has 2 amide bonds. The number of likely N-dealkylation sites (N-methyl/N-ethyl adjacent to an activating group) is 1. The first kappa shape index (κ1) is 26.2. The second kappa shape index (κ2) is 11.2. The number of hydrogen-bond acceptors (Lipinski definition) is 4. The lowest BCUT2D eigenvalue weighted by Gasteiger charge is -2.33. The van der Waals surface area contributed by atoms with Gasteiger partial charge in [0.25, 0.3) is 0 Å². The van der Waals surface area contributed by atoms with Gasteiger partial charge in [-0.25, -0.2) is 13.1 Å². The van der Waals surface area contributed by atoms with Crippen molar-refractivity contribution in [2.75, 3.05) is 32.0 Å². The average molecular weight is 483 g/mol. The molecule has 0 heterocycles. The lowest BCUT2D eigenvalue weighted by molar-refractivity contribution is -0.140. The van der Waals surface area contributed by atoms with Crippen LogP contribution in [0.5, 0.6) is 0 Å². The first-order chi connectivity index (χ1) is 15.5. The number of anilines is 1. The molecule has 0 aliphatic heterocycles. The van der Waals surface area contributed by atoms with Gasteiger partial charge in [0.05, 0.1) is 5.69 Å². The molecule has 11 heteroatoms. The number of benzene rings is 2. The van der Waals surface area contributed by atoms with E-state index >= 15 is 0 Å². The van der Waals surface area contributed by atoms with E-state index in [1.807, 2.05) is 0 Å². The molecule has 0 aliphatic rings. The van der Waals surface area contributed by atoms with Gasteiger partial charge in [0.15, 0.2) is 0 Å². The first-order valence-electron chi connectivity index (χ1n) is 10.2. The van der Waals surface area contributed by atoms with E-state index in [1.54, 1.807) is 6.92 Å². The van der Waals surface area contributed by atoms with E-state index in [0.717, 1.165) is 10.4 Å². The van der Waals surface area contributed by atoms with Crippen LogP contribution in [0.15, 0.2) is 48.5 Å². The second-order valence-corrected chi connectivity index (χ2v) is 9.50. The zero-order valence-corrected chi connectivity index (χ0v) is 19.8. The van der Waals surface area contributed by atoms with E-state index in [-0.39, 0.29) is 18.7 Å². The van der Waals surface area contributed by atoms with Gasteiger partial charge < -0.3 is 10.2 Å². The van der Waals surface area contributed by atoms with Gasteiger partial charge in [0, 0.05) is 27.7 Å². The van der Waals surface area contributed by atoms with Gasteiger partial charge in [-0.05, 0) is 36.2 Å². The van der Waals surface area contributed by atoms with Crippen LogP contribution >= 0.6 is 0 Å². The van der Waals surface area contributed by atoms with Gasteiger partial charge >= 0.3 is 10.2 Å². The summed E-state index contributed by atoms with van der Waals surface area (Å²) in [5, 5.41) is 2.50. The minimum Gasteiger partial charge on any atom is -0.357 e. The summed E-state index contributed by atoms with van der Waals surface area (Å²) < 4.78 is 55.3. The Morgan fingerprint density at radius 1 is 1.03 bits per heavy atom. The van der Waals surface area contributed by atoms with E-state index in [1.165, 1.54) is 68.5 Å². The molecule has 8 nitrogen and oxygen atoms in total. The molecule has 180 valence electrons. The molecule has 2 aromatic carbocycles. The van der Waals surface area contributed by atoms with Crippen molar-refractivity contribution in [1.82, 2.24) is 14.5 Å². The van der Waals surface area contributed by atoms with Crippen molar-refractivity contribution in [3.63, 3.8) is 0 Å². The lowest BCUT2D eigenvalue weighted by Crippen LogP contribution is -2.53. The summed E-state index contributed by atoms with van der Waals surface area (Å²) in [4.78, 5) is 27.1. The maximum atomic E-state index is 14.5. The molecule has 0 aliphatic carbocycles. The molecule has 0 fully saturated rings. The maximum Gasteiger partial charge on any atom is 0.304 e. The minimum absolute atomic E-state index is 0.0713. The Morgan fingerprint density at radius 2 is 1.64 bits per heavy atom. The quantitative estimate of drug-likeness (QED) is 0.562. The van der Waals surface area contributed by atoms with Gasteiger partial charge in [-0.2, -0.15) is 12.7 Å². The van der Waals surface area contributed by atoms with Crippen molar-refractivity contribution >= 4 is 27.7 Å². The number of para-hydroxylation sites is 1. The second-order valence-electron chi connectivity index (χ2n) is 7.43. The average Bonchev–Trinajstić information content (AvgIpc) is 2.78. The smallest absolute Gasteiger partial charge is 0.304 e. The molecule has 2 rings (SSSR count). The molecule has 2 aromatic rings. The highest BCUT2D eigenvalue weighted by Gasteiger charge is 2.34. The van der Waals surface area contributed by atoms with E-state index < -0.39 is 46.2 Å². The van der Waals surface area contributed by atoms with Crippen molar-refractivity contribution in [2.45, 2.75) is 25.9 Å².